The summed E-state index contributed by atoms with van der Waals surface area (Å²) in [6.45, 7) is 0.443. The van der Waals surface area contributed by atoms with Crippen molar-refractivity contribution in [2.75, 3.05) is 11.9 Å². The Labute approximate surface area is 170 Å². The topological polar surface area (TPSA) is 78.7 Å². The molecule has 1 aliphatic rings. The Morgan fingerprint density at radius 2 is 1.90 bits per heavy atom. The highest BCUT2D eigenvalue weighted by molar-refractivity contribution is 5.94. The van der Waals surface area contributed by atoms with Gasteiger partial charge in [0.2, 0.25) is 5.88 Å². The van der Waals surface area contributed by atoms with E-state index >= 15 is 0 Å². The molecular formula is C21H18F2N4O3. The molecule has 1 aromatic heterocycles. The lowest BCUT2D eigenvalue weighted by Crippen LogP contribution is -2.44. The predicted octanol–water partition coefficient (Wildman–Crippen LogP) is 3.45. The van der Waals surface area contributed by atoms with E-state index in [1.165, 1.54) is 22.9 Å². The van der Waals surface area contributed by atoms with Gasteiger partial charge in [0, 0.05) is 20.1 Å². The predicted molar refractivity (Wildman–Crippen MR) is 104 cm³/mol. The molecule has 0 atom stereocenters. The highest BCUT2D eigenvalue weighted by Gasteiger charge is 2.34. The summed E-state index contributed by atoms with van der Waals surface area (Å²) in [5.74, 6) is -2.39. The van der Waals surface area contributed by atoms with Crippen LogP contribution in [0, 0.1) is 11.6 Å². The van der Waals surface area contributed by atoms with Gasteiger partial charge in [0.15, 0.2) is 11.6 Å². The molecule has 3 aromatic rings. The van der Waals surface area contributed by atoms with E-state index in [4.69, 9.17) is 4.42 Å². The number of urea groups is 1. The fourth-order valence-electron chi connectivity index (χ4n) is 3.19. The van der Waals surface area contributed by atoms with Gasteiger partial charge in [-0.05, 0) is 23.3 Å². The van der Waals surface area contributed by atoms with Crippen molar-refractivity contribution in [2.45, 2.75) is 19.6 Å². The second-order valence-electron chi connectivity index (χ2n) is 6.89. The van der Waals surface area contributed by atoms with Crippen LogP contribution in [0.1, 0.15) is 27.5 Å². The van der Waals surface area contributed by atoms with Crippen molar-refractivity contribution in [1.29, 1.82) is 0 Å². The summed E-state index contributed by atoms with van der Waals surface area (Å²) >= 11 is 0. The highest BCUT2D eigenvalue weighted by Crippen LogP contribution is 2.29. The normalized spacial score (nSPS) is 13.4. The Bertz CT molecular complexity index is 1100. The lowest BCUT2D eigenvalue weighted by atomic mass is 10.2. The van der Waals surface area contributed by atoms with Crippen LogP contribution in [-0.2, 0) is 19.6 Å². The molecule has 4 rings (SSSR count). The minimum absolute atomic E-state index is 0.0577. The molecule has 0 spiro atoms. The van der Waals surface area contributed by atoms with E-state index in [1.807, 2.05) is 30.3 Å². The van der Waals surface area contributed by atoms with Crippen molar-refractivity contribution in [2.24, 2.45) is 0 Å². The average Bonchev–Trinajstić information content (AvgIpc) is 3.18. The molecule has 3 amide bonds. The number of nitrogens with zero attached hydrogens (tertiary/aromatic N) is 3. The van der Waals surface area contributed by atoms with Gasteiger partial charge in [-0.1, -0.05) is 36.4 Å². The lowest BCUT2D eigenvalue weighted by molar-refractivity contribution is 0.0916. The van der Waals surface area contributed by atoms with E-state index in [2.05, 4.69) is 10.3 Å². The number of carbonyl (C=O) groups is 2. The number of carbonyl (C=O) groups excluding carboxylic acids is 2. The van der Waals surface area contributed by atoms with Crippen molar-refractivity contribution in [3.8, 4) is 0 Å². The Morgan fingerprint density at radius 1 is 1.13 bits per heavy atom. The molecule has 0 unspecified atom stereocenters. The van der Waals surface area contributed by atoms with Crippen LogP contribution < -0.4 is 10.2 Å². The first-order valence-electron chi connectivity index (χ1n) is 9.21. The second kappa shape index (κ2) is 7.94. The summed E-state index contributed by atoms with van der Waals surface area (Å²) in [7, 11) is 1.50. The van der Waals surface area contributed by atoms with E-state index in [0.29, 0.717) is 17.8 Å². The van der Waals surface area contributed by atoms with E-state index in [0.717, 1.165) is 17.7 Å². The number of fused-ring (bicyclic) bond motifs is 1. The van der Waals surface area contributed by atoms with Crippen LogP contribution in [0.4, 0.5) is 19.5 Å². The SMILES string of the molecule is CN1C(=O)N(Cc2ccc(F)c(F)c2)Cc2nc(C(=O)NCc3ccccc3)oc21. The van der Waals surface area contributed by atoms with Gasteiger partial charge in [0.1, 0.15) is 5.69 Å². The quantitative estimate of drug-likeness (QED) is 0.696. The van der Waals surface area contributed by atoms with Crippen LogP contribution in [0.3, 0.4) is 0 Å². The molecule has 0 aliphatic carbocycles. The first-order valence-corrected chi connectivity index (χ1v) is 9.21. The van der Waals surface area contributed by atoms with Crippen LogP contribution in [0.2, 0.25) is 0 Å². The molecule has 0 bridgehead atoms. The summed E-state index contributed by atoms with van der Waals surface area (Å²) in [5.41, 5.74) is 1.76. The summed E-state index contributed by atoms with van der Waals surface area (Å²) in [6, 6.07) is 12.4. The molecule has 1 N–H and O–H groups in total. The molecular weight excluding hydrogens is 394 g/mol. The molecule has 2 heterocycles. The molecule has 9 heteroatoms. The number of hydrogen-bond donors (Lipinski definition) is 1. The van der Waals surface area contributed by atoms with Gasteiger partial charge >= 0.3 is 11.9 Å². The zero-order chi connectivity index (χ0) is 21.3. The number of halogens is 2. The summed E-state index contributed by atoms with van der Waals surface area (Å²) in [4.78, 5) is 31.9. The minimum Gasteiger partial charge on any atom is -0.415 e. The second-order valence-corrected chi connectivity index (χ2v) is 6.89. The number of oxazole rings is 1. The molecule has 1 aliphatic heterocycles. The van der Waals surface area contributed by atoms with E-state index < -0.39 is 23.6 Å². The number of benzene rings is 2. The van der Waals surface area contributed by atoms with Crippen molar-refractivity contribution < 1.29 is 22.8 Å². The zero-order valence-electron chi connectivity index (χ0n) is 16.1. The molecule has 0 fully saturated rings. The van der Waals surface area contributed by atoms with Gasteiger partial charge in [-0.25, -0.2) is 18.6 Å². The van der Waals surface area contributed by atoms with Crippen LogP contribution in [-0.4, -0.2) is 28.9 Å². The largest absolute Gasteiger partial charge is 0.415 e. The maximum Gasteiger partial charge on any atom is 0.327 e. The van der Waals surface area contributed by atoms with Gasteiger partial charge in [-0.3, -0.25) is 9.69 Å². The number of rotatable bonds is 5. The van der Waals surface area contributed by atoms with E-state index in [9.17, 15) is 18.4 Å². The van der Waals surface area contributed by atoms with E-state index in [-0.39, 0.29) is 24.9 Å². The fourth-order valence-corrected chi connectivity index (χ4v) is 3.19. The first kappa shape index (κ1) is 19.6. The molecule has 2 aromatic carbocycles. The standard InChI is InChI=1S/C21H18F2N4O3/c1-26-20-17(12-27(21(26)29)11-14-7-8-15(22)16(23)9-14)25-19(30-20)18(28)24-10-13-5-3-2-4-6-13/h2-9H,10-12H2,1H3,(H,24,28). The highest BCUT2D eigenvalue weighted by atomic mass is 19.2. The average molecular weight is 412 g/mol. The molecule has 0 saturated carbocycles. The maximum absolute atomic E-state index is 13.5. The molecule has 154 valence electrons. The third kappa shape index (κ3) is 3.86. The van der Waals surface area contributed by atoms with Crippen LogP contribution in [0.15, 0.2) is 52.9 Å². The third-order valence-electron chi connectivity index (χ3n) is 4.73. The van der Waals surface area contributed by atoms with Crippen molar-refractivity contribution in [3.05, 3.63) is 82.9 Å². The first-order chi connectivity index (χ1) is 14.4. The maximum atomic E-state index is 13.5. The Balaban J connectivity index is 1.48. The van der Waals surface area contributed by atoms with Gasteiger partial charge < -0.3 is 14.6 Å². The number of anilines is 1. The molecule has 0 radical (unpaired) electrons. The Hall–Kier alpha value is -3.75. The monoisotopic (exact) mass is 412 g/mol. The van der Waals surface area contributed by atoms with Gasteiger partial charge in [-0.2, -0.15) is 0 Å². The molecule has 0 saturated heterocycles. The summed E-state index contributed by atoms with van der Waals surface area (Å²) in [5, 5.41) is 2.72. The number of amides is 3. The molecule has 7 nitrogen and oxygen atoms in total. The third-order valence-corrected chi connectivity index (χ3v) is 4.73. The number of nitrogens with one attached hydrogen (secondary N) is 1. The smallest absolute Gasteiger partial charge is 0.327 e. The zero-order valence-corrected chi connectivity index (χ0v) is 16.1. The van der Waals surface area contributed by atoms with Gasteiger partial charge in [-0.15, -0.1) is 0 Å². The van der Waals surface area contributed by atoms with Crippen LogP contribution in [0.5, 0.6) is 0 Å². The fraction of sp³-hybridized carbons (Fsp3) is 0.190. The van der Waals surface area contributed by atoms with Gasteiger partial charge in [0.05, 0.1) is 6.54 Å². The van der Waals surface area contributed by atoms with Crippen molar-refractivity contribution >= 4 is 17.8 Å². The number of hydrogen-bond acceptors (Lipinski definition) is 4. The lowest BCUT2D eigenvalue weighted by Gasteiger charge is -2.31. The number of aromatic nitrogens is 1. The summed E-state index contributed by atoms with van der Waals surface area (Å²) in [6.07, 6.45) is 0. The van der Waals surface area contributed by atoms with Crippen molar-refractivity contribution in [3.63, 3.8) is 0 Å². The van der Waals surface area contributed by atoms with Crippen LogP contribution in [0.25, 0.3) is 0 Å². The van der Waals surface area contributed by atoms with E-state index in [1.54, 1.807) is 0 Å². The Morgan fingerprint density at radius 3 is 2.63 bits per heavy atom. The van der Waals surface area contributed by atoms with Crippen LogP contribution >= 0.6 is 0 Å². The van der Waals surface area contributed by atoms with Gasteiger partial charge in [0.25, 0.3) is 5.89 Å². The van der Waals surface area contributed by atoms with Crippen molar-refractivity contribution in [1.82, 2.24) is 15.2 Å². The molecule has 30 heavy (non-hydrogen) atoms. The minimum atomic E-state index is -0.982. The summed E-state index contributed by atoms with van der Waals surface area (Å²) < 4.78 is 32.1. The Kier molecular flexibility index (Phi) is 5.18.